The SMILES string of the molecule is CCCCc1ccc(N=Nc2cc3sc(N)nc3s2)cc1. The fraction of sp³-hybridized carbons (Fsp3) is 0.267. The van der Waals surface area contributed by atoms with Gasteiger partial charge in [0.05, 0.1) is 10.4 Å². The topological polar surface area (TPSA) is 63.6 Å². The molecule has 0 aliphatic carbocycles. The molecular weight excluding hydrogens is 300 g/mol. The van der Waals surface area contributed by atoms with Crippen LogP contribution in [0.5, 0.6) is 0 Å². The monoisotopic (exact) mass is 316 g/mol. The van der Waals surface area contributed by atoms with Crippen molar-refractivity contribution in [3.05, 3.63) is 35.9 Å². The Kier molecular flexibility index (Phi) is 4.26. The lowest BCUT2D eigenvalue weighted by Gasteiger charge is -1.99. The average molecular weight is 316 g/mol. The highest BCUT2D eigenvalue weighted by Gasteiger charge is 2.06. The molecule has 2 heterocycles. The Hall–Kier alpha value is -1.79. The number of hydrogen-bond acceptors (Lipinski definition) is 6. The van der Waals surface area contributed by atoms with Crippen LogP contribution < -0.4 is 5.73 Å². The summed E-state index contributed by atoms with van der Waals surface area (Å²) >= 11 is 2.99. The zero-order valence-electron chi connectivity index (χ0n) is 11.7. The number of unbranched alkanes of at least 4 members (excludes halogenated alkanes) is 1. The van der Waals surface area contributed by atoms with Crippen LogP contribution in [-0.2, 0) is 6.42 Å². The van der Waals surface area contributed by atoms with E-state index in [9.17, 15) is 0 Å². The zero-order valence-corrected chi connectivity index (χ0v) is 13.4. The molecule has 6 heteroatoms. The summed E-state index contributed by atoms with van der Waals surface area (Å²) in [6, 6.07) is 10.3. The van der Waals surface area contributed by atoms with Crippen LogP contribution in [-0.4, -0.2) is 4.98 Å². The summed E-state index contributed by atoms with van der Waals surface area (Å²) in [5.74, 6) is 0. The first-order valence-electron chi connectivity index (χ1n) is 6.91. The molecule has 4 nitrogen and oxygen atoms in total. The largest absolute Gasteiger partial charge is 0.375 e. The molecule has 0 saturated heterocycles. The van der Waals surface area contributed by atoms with Crippen molar-refractivity contribution in [2.75, 3.05) is 5.73 Å². The fourth-order valence-electron chi connectivity index (χ4n) is 2.01. The van der Waals surface area contributed by atoms with E-state index >= 15 is 0 Å². The molecule has 0 unspecified atom stereocenters. The second kappa shape index (κ2) is 6.32. The van der Waals surface area contributed by atoms with Gasteiger partial charge >= 0.3 is 0 Å². The minimum absolute atomic E-state index is 0.599. The predicted molar refractivity (Wildman–Crippen MR) is 91.1 cm³/mol. The number of aryl methyl sites for hydroxylation is 1. The molecule has 0 atom stereocenters. The molecule has 1 aromatic carbocycles. The van der Waals surface area contributed by atoms with Crippen molar-refractivity contribution in [2.24, 2.45) is 10.2 Å². The Bertz CT molecular complexity index is 724. The number of rotatable bonds is 5. The number of fused-ring (bicyclic) bond motifs is 1. The maximum atomic E-state index is 5.66. The smallest absolute Gasteiger partial charge is 0.181 e. The summed E-state index contributed by atoms with van der Waals surface area (Å²) < 4.78 is 1.07. The molecule has 0 aliphatic rings. The van der Waals surface area contributed by atoms with Gasteiger partial charge in [-0.05, 0) is 36.6 Å². The Labute approximate surface area is 131 Å². The van der Waals surface area contributed by atoms with Gasteiger partial charge in [0.15, 0.2) is 5.13 Å². The fourth-order valence-corrected chi connectivity index (χ4v) is 3.81. The maximum Gasteiger partial charge on any atom is 0.181 e. The molecule has 3 aromatic rings. The molecule has 108 valence electrons. The van der Waals surface area contributed by atoms with Crippen LogP contribution in [0.15, 0.2) is 40.6 Å². The number of nitrogens with zero attached hydrogens (tertiary/aromatic N) is 3. The molecule has 0 spiro atoms. The highest BCUT2D eigenvalue weighted by molar-refractivity contribution is 7.30. The van der Waals surface area contributed by atoms with Crippen LogP contribution in [0, 0.1) is 0 Å². The number of benzene rings is 1. The Morgan fingerprint density at radius 3 is 2.67 bits per heavy atom. The number of aromatic nitrogens is 1. The summed E-state index contributed by atoms with van der Waals surface area (Å²) in [5.41, 5.74) is 7.89. The van der Waals surface area contributed by atoms with Crippen LogP contribution in [0.3, 0.4) is 0 Å². The lowest BCUT2D eigenvalue weighted by atomic mass is 10.1. The van der Waals surface area contributed by atoms with Crippen LogP contribution in [0.2, 0.25) is 0 Å². The first-order chi connectivity index (χ1) is 10.2. The molecular formula is C15H16N4S2. The molecule has 0 radical (unpaired) electrons. The second-order valence-corrected chi connectivity index (χ2v) is 6.85. The highest BCUT2D eigenvalue weighted by Crippen LogP contribution is 2.36. The van der Waals surface area contributed by atoms with Gasteiger partial charge in [-0.25, -0.2) is 4.98 Å². The van der Waals surface area contributed by atoms with Crippen molar-refractivity contribution < 1.29 is 0 Å². The van der Waals surface area contributed by atoms with Gasteiger partial charge in [-0.2, -0.15) is 0 Å². The van der Waals surface area contributed by atoms with Gasteiger partial charge in [0.25, 0.3) is 0 Å². The molecule has 3 rings (SSSR count). The van der Waals surface area contributed by atoms with E-state index in [-0.39, 0.29) is 0 Å². The number of azo groups is 1. The Morgan fingerprint density at radius 2 is 1.95 bits per heavy atom. The molecule has 0 bridgehead atoms. The summed E-state index contributed by atoms with van der Waals surface area (Å²) in [7, 11) is 0. The van der Waals surface area contributed by atoms with Gasteiger partial charge in [-0.15, -0.1) is 10.2 Å². The maximum absolute atomic E-state index is 5.66. The van der Waals surface area contributed by atoms with Crippen LogP contribution in [0.1, 0.15) is 25.3 Å². The first kappa shape index (κ1) is 14.2. The van der Waals surface area contributed by atoms with Crippen molar-refractivity contribution in [3.8, 4) is 0 Å². The normalized spacial score (nSPS) is 11.7. The van der Waals surface area contributed by atoms with Gasteiger partial charge in [-0.3, -0.25) is 0 Å². The van der Waals surface area contributed by atoms with Crippen molar-refractivity contribution >= 4 is 48.0 Å². The molecule has 0 aliphatic heterocycles. The van der Waals surface area contributed by atoms with E-state index < -0.39 is 0 Å². The summed E-state index contributed by atoms with van der Waals surface area (Å²) in [6.45, 7) is 2.21. The van der Waals surface area contributed by atoms with Gasteiger partial charge in [0.2, 0.25) is 0 Å². The Balaban J connectivity index is 1.71. The van der Waals surface area contributed by atoms with E-state index in [1.807, 2.05) is 18.2 Å². The van der Waals surface area contributed by atoms with Crippen LogP contribution in [0.4, 0.5) is 15.8 Å². The lowest BCUT2D eigenvalue weighted by molar-refractivity contribution is 0.795. The minimum Gasteiger partial charge on any atom is -0.375 e. The predicted octanol–water partition coefficient (Wildman–Crippen LogP) is 5.70. The third-order valence-corrected chi connectivity index (χ3v) is 4.99. The molecule has 0 saturated carbocycles. The number of anilines is 1. The quantitative estimate of drug-likeness (QED) is 0.614. The lowest BCUT2D eigenvalue weighted by Crippen LogP contribution is -1.82. The number of hydrogen-bond donors (Lipinski definition) is 1. The second-order valence-electron chi connectivity index (χ2n) is 4.78. The highest BCUT2D eigenvalue weighted by atomic mass is 32.1. The first-order valence-corrected chi connectivity index (χ1v) is 8.54. The third kappa shape index (κ3) is 3.46. The molecule has 2 aromatic heterocycles. The standard InChI is InChI=1S/C15H16N4S2/c1-2-3-4-10-5-7-11(8-6-10)18-19-13-9-12-14(21-13)17-15(16)20-12/h5-9H,2-4H2,1H3,(H2,16,17). The number of thiazole rings is 1. The van der Waals surface area contributed by atoms with Crippen molar-refractivity contribution in [2.45, 2.75) is 26.2 Å². The van der Waals surface area contributed by atoms with E-state index in [1.165, 1.54) is 41.1 Å². The Morgan fingerprint density at radius 1 is 1.14 bits per heavy atom. The van der Waals surface area contributed by atoms with Gasteiger partial charge in [0.1, 0.15) is 9.83 Å². The summed E-state index contributed by atoms with van der Waals surface area (Å²) in [4.78, 5) is 5.17. The molecule has 21 heavy (non-hydrogen) atoms. The van der Waals surface area contributed by atoms with Crippen LogP contribution in [0.25, 0.3) is 9.53 Å². The summed E-state index contributed by atoms with van der Waals surface area (Å²) in [6.07, 6.45) is 3.57. The van der Waals surface area contributed by atoms with Crippen molar-refractivity contribution in [3.63, 3.8) is 0 Å². The van der Waals surface area contributed by atoms with E-state index in [0.29, 0.717) is 5.13 Å². The van der Waals surface area contributed by atoms with E-state index in [0.717, 1.165) is 26.6 Å². The zero-order chi connectivity index (χ0) is 14.7. The molecule has 0 amide bonds. The van der Waals surface area contributed by atoms with Gasteiger partial charge in [0, 0.05) is 0 Å². The average Bonchev–Trinajstić information content (AvgIpc) is 3.01. The van der Waals surface area contributed by atoms with Crippen molar-refractivity contribution in [1.29, 1.82) is 0 Å². The van der Waals surface area contributed by atoms with Crippen molar-refractivity contribution in [1.82, 2.24) is 4.98 Å². The summed E-state index contributed by atoms with van der Waals surface area (Å²) in [5, 5.41) is 10.0. The number of nitrogens with two attached hydrogens (primary N) is 1. The van der Waals surface area contributed by atoms with E-state index in [1.54, 1.807) is 0 Å². The van der Waals surface area contributed by atoms with Crippen LogP contribution >= 0.6 is 22.7 Å². The minimum atomic E-state index is 0.599. The number of nitrogen functional groups attached to an aromatic ring is 1. The van der Waals surface area contributed by atoms with E-state index in [2.05, 4.69) is 34.3 Å². The van der Waals surface area contributed by atoms with Gasteiger partial charge in [-0.1, -0.05) is 48.2 Å². The van der Waals surface area contributed by atoms with Gasteiger partial charge < -0.3 is 5.73 Å². The third-order valence-electron chi connectivity index (χ3n) is 3.11. The van der Waals surface area contributed by atoms with E-state index in [4.69, 9.17) is 5.73 Å². The molecule has 2 N–H and O–H groups in total. The molecule has 0 fully saturated rings. The number of thiophene rings is 1.